The van der Waals surface area contributed by atoms with Crippen molar-refractivity contribution in [3.63, 3.8) is 0 Å². The van der Waals surface area contributed by atoms with E-state index in [1.165, 1.54) is 26.4 Å². The van der Waals surface area contributed by atoms with Gasteiger partial charge in [0, 0.05) is 29.2 Å². The van der Waals surface area contributed by atoms with E-state index in [9.17, 15) is 19.7 Å². The Bertz CT molecular complexity index is 1130. The number of esters is 2. The highest BCUT2D eigenvalue weighted by atomic mass is 16.6. The standard InChI is InChI=1S/C25H26N2O6/c1-14-11-15(2)13-20(12-14)26-16(3)21(24(28)32-5)23(22(17(26)4)25(29)33-6)18-7-9-19(10-8-18)27(30)31/h7-13,23H,1-6H3. The number of allylic oxidation sites excluding steroid dienone is 2. The lowest BCUT2D eigenvalue weighted by Gasteiger charge is -2.38. The first-order valence-corrected chi connectivity index (χ1v) is 10.3. The predicted molar refractivity (Wildman–Crippen MR) is 124 cm³/mol. The van der Waals surface area contributed by atoms with E-state index < -0.39 is 22.8 Å². The molecule has 0 atom stereocenters. The van der Waals surface area contributed by atoms with E-state index >= 15 is 0 Å². The summed E-state index contributed by atoms with van der Waals surface area (Å²) >= 11 is 0. The molecule has 8 nitrogen and oxygen atoms in total. The van der Waals surface area contributed by atoms with Crippen LogP contribution in [0.3, 0.4) is 0 Å². The minimum absolute atomic E-state index is 0.0907. The maximum absolute atomic E-state index is 13.0. The highest BCUT2D eigenvalue weighted by Gasteiger charge is 2.40. The number of aryl methyl sites for hydroxylation is 2. The van der Waals surface area contributed by atoms with Crippen molar-refractivity contribution in [2.75, 3.05) is 19.1 Å². The van der Waals surface area contributed by atoms with Gasteiger partial charge in [0.25, 0.3) is 5.69 Å². The number of benzene rings is 2. The first-order valence-electron chi connectivity index (χ1n) is 10.3. The van der Waals surface area contributed by atoms with Crippen molar-refractivity contribution in [2.24, 2.45) is 0 Å². The van der Waals surface area contributed by atoms with Crippen molar-refractivity contribution in [2.45, 2.75) is 33.6 Å². The predicted octanol–water partition coefficient (Wildman–Crippen LogP) is 4.71. The molecule has 8 heteroatoms. The Morgan fingerprint density at radius 3 is 1.70 bits per heavy atom. The van der Waals surface area contributed by atoms with Crippen LogP contribution in [-0.4, -0.2) is 31.1 Å². The molecule has 0 radical (unpaired) electrons. The summed E-state index contributed by atoms with van der Waals surface area (Å²) in [6.07, 6.45) is 0. The number of nitro benzene ring substituents is 1. The molecule has 0 amide bonds. The van der Waals surface area contributed by atoms with Gasteiger partial charge in [0.1, 0.15) is 0 Å². The van der Waals surface area contributed by atoms with Crippen molar-refractivity contribution in [1.29, 1.82) is 0 Å². The Morgan fingerprint density at radius 1 is 0.848 bits per heavy atom. The summed E-state index contributed by atoms with van der Waals surface area (Å²) in [5, 5.41) is 11.1. The van der Waals surface area contributed by atoms with Gasteiger partial charge in [0.15, 0.2) is 0 Å². The van der Waals surface area contributed by atoms with Crippen molar-refractivity contribution in [1.82, 2.24) is 0 Å². The number of carbonyl (C=O) groups is 2. The van der Waals surface area contributed by atoms with Crippen LogP contribution in [0.25, 0.3) is 0 Å². The summed E-state index contributed by atoms with van der Waals surface area (Å²) in [4.78, 5) is 38.5. The molecular formula is C25H26N2O6. The van der Waals surface area contributed by atoms with Crippen LogP contribution in [0, 0.1) is 24.0 Å². The van der Waals surface area contributed by atoms with Gasteiger partial charge in [-0.25, -0.2) is 9.59 Å². The molecule has 3 rings (SSSR count). The molecule has 2 aromatic carbocycles. The van der Waals surface area contributed by atoms with Gasteiger partial charge in [-0.3, -0.25) is 10.1 Å². The van der Waals surface area contributed by atoms with E-state index in [4.69, 9.17) is 9.47 Å². The summed E-state index contributed by atoms with van der Waals surface area (Å²) in [7, 11) is 2.55. The molecule has 0 unspecified atom stereocenters. The topological polar surface area (TPSA) is 99.0 Å². The zero-order valence-corrected chi connectivity index (χ0v) is 19.5. The molecule has 33 heavy (non-hydrogen) atoms. The van der Waals surface area contributed by atoms with Crippen molar-refractivity contribution >= 4 is 23.3 Å². The lowest BCUT2D eigenvalue weighted by Crippen LogP contribution is -2.35. The lowest BCUT2D eigenvalue weighted by molar-refractivity contribution is -0.384. The average molecular weight is 450 g/mol. The molecule has 0 spiro atoms. The van der Waals surface area contributed by atoms with Gasteiger partial charge in [0.2, 0.25) is 0 Å². The molecule has 0 N–H and O–H groups in total. The third-order valence-electron chi connectivity index (χ3n) is 5.74. The van der Waals surface area contributed by atoms with Gasteiger partial charge in [0.05, 0.1) is 36.2 Å². The van der Waals surface area contributed by atoms with Crippen LogP contribution < -0.4 is 4.90 Å². The van der Waals surface area contributed by atoms with Crippen molar-refractivity contribution < 1.29 is 24.0 Å². The van der Waals surface area contributed by atoms with Crippen LogP contribution in [0.2, 0.25) is 0 Å². The largest absolute Gasteiger partial charge is 0.466 e. The van der Waals surface area contributed by atoms with E-state index in [-0.39, 0.29) is 16.8 Å². The van der Waals surface area contributed by atoms with Crippen molar-refractivity contribution in [3.8, 4) is 0 Å². The molecule has 0 fully saturated rings. The zero-order chi connectivity index (χ0) is 24.4. The molecule has 1 aliphatic heterocycles. The van der Waals surface area contributed by atoms with Crippen LogP contribution in [0.1, 0.15) is 36.5 Å². The maximum Gasteiger partial charge on any atom is 0.336 e. The van der Waals surface area contributed by atoms with Gasteiger partial charge in [-0.2, -0.15) is 0 Å². The maximum atomic E-state index is 13.0. The number of anilines is 1. The highest BCUT2D eigenvalue weighted by molar-refractivity contribution is 6.01. The molecule has 0 saturated heterocycles. The molecule has 172 valence electrons. The molecule has 2 aromatic rings. The summed E-state index contributed by atoms with van der Waals surface area (Å²) in [6.45, 7) is 7.53. The number of rotatable bonds is 5. The van der Waals surface area contributed by atoms with E-state index in [0.29, 0.717) is 17.0 Å². The Hall–Kier alpha value is -3.94. The van der Waals surface area contributed by atoms with E-state index in [2.05, 4.69) is 0 Å². The van der Waals surface area contributed by atoms with Gasteiger partial charge < -0.3 is 14.4 Å². The molecule has 0 aromatic heterocycles. The number of non-ortho nitro benzene ring substituents is 1. The van der Waals surface area contributed by atoms with Crippen LogP contribution in [0.15, 0.2) is 65.0 Å². The first kappa shape index (κ1) is 23.7. The monoisotopic (exact) mass is 450 g/mol. The van der Waals surface area contributed by atoms with E-state index in [1.807, 2.05) is 36.9 Å². The first-order chi connectivity index (χ1) is 15.6. The highest BCUT2D eigenvalue weighted by Crippen LogP contribution is 2.45. The number of ether oxygens (including phenoxy) is 2. The van der Waals surface area contributed by atoms with Crippen LogP contribution in [0.4, 0.5) is 11.4 Å². The SMILES string of the molecule is COC(=O)C1=C(C)N(c2cc(C)cc(C)c2)C(C)=C(C(=O)OC)C1c1ccc([N+](=O)[O-])cc1. The van der Waals surface area contributed by atoms with Crippen molar-refractivity contribution in [3.05, 3.63) is 91.8 Å². The molecule has 0 bridgehead atoms. The van der Waals surface area contributed by atoms with Gasteiger partial charge in [-0.05, 0) is 56.5 Å². The number of hydrogen-bond donors (Lipinski definition) is 0. The summed E-state index contributed by atoms with van der Waals surface area (Å²) in [5.74, 6) is -2.01. The number of carbonyl (C=O) groups excluding carboxylic acids is 2. The minimum Gasteiger partial charge on any atom is -0.466 e. The fraction of sp³-hybridized carbons (Fsp3) is 0.280. The molecule has 1 aliphatic rings. The van der Waals surface area contributed by atoms with E-state index in [0.717, 1.165) is 16.8 Å². The number of nitro groups is 1. The molecule has 1 heterocycles. The fourth-order valence-corrected chi connectivity index (χ4v) is 4.39. The third-order valence-corrected chi connectivity index (χ3v) is 5.74. The van der Waals surface area contributed by atoms with Crippen LogP contribution in [0.5, 0.6) is 0 Å². The van der Waals surface area contributed by atoms with Gasteiger partial charge in [-0.15, -0.1) is 0 Å². The Morgan fingerprint density at radius 2 is 1.30 bits per heavy atom. The average Bonchev–Trinajstić information content (AvgIpc) is 2.77. The lowest BCUT2D eigenvalue weighted by atomic mass is 9.79. The second-order valence-corrected chi connectivity index (χ2v) is 7.94. The Balaban J connectivity index is 2.33. The normalized spacial score (nSPS) is 14.4. The summed E-state index contributed by atoms with van der Waals surface area (Å²) in [6, 6.07) is 11.8. The third kappa shape index (κ3) is 4.37. The van der Waals surface area contributed by atoms with Gasteiger partial charge >= 0.3 is 11.9 Å². The molecule has 0 saturated carbocycles. The summed E-state index contributed by atoms with van der Waals surface area (Å²) in [5.41, 5.74) is 5.03. The minimum atomic E-state index is -0.812. The second-order valence-electron chi connectivity index (χ2n) is 7.94. The number of nitrogens with zero attached hydrogens (tertiary/aromatic N) is 2. The Labute approximate surface area is 192 Å². The summed E-state index contributed by atoms with van der Waals surface area (Å²) < 4.78 is 10.2. The fourth-order valence-electron chi connectivity index (χ4n) is 4.39. The smallest absolute Gasteiger partial charge is 0.336 e. The second kappa shape index (κ2) is 9.28. The number of methoxy groups -OCH3 is 2. The molecule has 0 aliphatic carbocycles. The Kier molecular flexibility index (Phi) is 6.67. The quantitative estimate of drug-likeness (QED) is 0.369. The van der Waals surface area contributed by atoms with Crippen LogP contribution in [-0.2, 0) is 19.1 Å². The van der Waals surface area contributed by atoms with E-state index in [1.54, 1.807) is 26.0 Å². The van der Waals surface area contributed by atoms with Crippen LogP contribution >= 0.6 is 0 Å². The zero-order valence-electron chi connectivity index (χ0n) is 19.5. The molecular weight excluding hydrogens is 424 g/mol. The van der Waals surface area contributed by atoms with Gasteiger partial charge in [-0.1, -0.05) is 18.2 Å². The number of hydrogen-bond acceptors (Lipinski definition) is 7.